The first-order chi connectivity index (χ1) is 8.69. The van der Waals surface area contributed by atoms with Crippen LogP contribution in [0.4, 0.5) is 0 Å². The lowest BCUT2D eigenvalue weighted by Gasteiger charge is -2.11. The SMILES string of the molecule is CCNCc1cc(C)ccc1Oc1cnn(C)c1. The van der Waals surface area contributed by atoms with Crippen LogP contribution >= 0.6 is 0 Å². The summed E-state index contributed by atoms with van der Waals surface area (Å²) in [5, 5.41) is 7.42. The molecule has 18 heavy (non-hydrogen) atoms. The van der Waals surface area contributed by atoms with E-state index < -0.39 is 0 Å². The second-order valence-electron chi connectivity index (χ2n) is 4.34. The first-order valence-corrected chi connectivity index (χ1v) is 6.16. The van der Waals surface area contributed by atoms with E-state index in [2.05, 4.69) is 36.4 Å². The van der Waals surface area contributed by atoms with Crippen LogP contribution in [0.5, 0.6) is 11.5 Å². The molecule has 0 aliphatic heterocycles. The Morgan fingerprint density at radius 2 is 2.22 bits per heavy atom. The van der Waals surface area contributed by atoms with Gasteiger partial charge in [0.25, 0.3) is 0 Å². The first-order valence-electron chi connectivity index (χ1n) is 6.16. The van der Waals surface area contributed by atoms with Crippen LogP contribution in [-0.4, -0.2) is 16.3 Å². The van der Waals surface area contributed by atoms with Crippen LogP contribution in [0.25, 0.3) is 0 Å². The minimum atomic E-state index is 0.763. The maximum Gasteiger partial charge on any atom is 0.165 e. The van der Waals surface area contributed by atoms with Crippen molar-refractivity contribution >= 4 is 0 Å². The fraction of sp³-hybridized carbons (Fsp3) is 0.357. The lowest BCUT2D eigenvalue weighted by Crippen LogP contribution is -2.12. The van der Waals surface area contributed by atoms with Gasteiger partial charge in [0, 0.05) is 19.2 Å². The fourth-order valence-electron chi connectivity index (χ4n) is 1.78. The zero-order valence-corrected chi connectivity index (χ0v) is 11.1. The van der Waals surface area contributed by atoms with Gasteiger partial charge in [-0.2, -0.15) is 5.10 Å². The second kappa shape index (κ2) is 5.69. The highest BCUT2D eigenvalue weighted by Gasteiger charge is 2.06. The van der Waals surface area contributed by atoms with Crippen LogP contribution < -0.4 is 10.1 Å². The van der Waals surface area contributed by atoms with Crippen molar-refractivity contribution in [3.05, 3.63) is 41.7 Å². The molecule has 1 aromatic carbocycles. The molecule has 4 heteroatoms. The molecule has 0 aliphatic rings. The third kappa shape index (κ3) is 3.11. The lowest BCUT2D eigenvalue weighted by molar-refractivity contribution is 0.472. The number of ether oxygens (including phenoxy) is 1. The molecule has 0 bridgehead atoms. The van der Waals surface area contributed by atoms with Crippen LogP contribution in [0.3, 0.4) is 0 Å². The largest absolute Gasteiger partial charge is 0.454 e. The Morgan fingerprint density at radius 1 is 1.39 bits per heavy atom. The summed E-state index contributed by atoms with van der Waals surface area (Å²) in [7, 11) is 1.88. The fourth-order valence-corrected chi connectivity index (χ4v) is 1.78. The topological polar surface area (TPSA) is 39.1 Å². The van der Waals surface area contributed by atoms with Crippen LogP contribution in [0.1, 0.15) is 18.1 Å². The van der Waals surface area contributed by atoms with E-state index in [1.165, 1.54) is 11.1 Å². The van der Waals surface area contributed by atoms with E-state index in [-0.39, 0.29) is 0 Å². The van der Waals surface area contributed by atoms with Crippen LogP contribution in [0, 0.1) is 6.92 Å². The van der Waals surface area contributed by atoms with Crippen molar-refractivity contribution in [3.8, 4) is 11.5 Å². The standard InChI is InChI=1S/C14H19N3O/c1-4-15-8-12-7-11(2)5-6-14(12)18-13-9-16-17(3)10-13/h5-7,9-10,15H,4,8H2,1-3H3. The number of rotatable bonds is 5. The summed E-state index contributed by atoms with van der Waals surface area (Å²) >= 11 is 0. The average molecular weight is 245 g/mol. The van der Waals surface area contributed by atoms with E-state index in [1.54, 1.807) is 10.9 Å². The van der Waals surface area contributed by atoms with Gasteiger partial charge < -0.3 is 10.1 Å². The smallest absolute Gasteiger partial charge is 0.165 e. The molecule has 4 nitrogen and oxygen atoms in total. The number of aryl methyl sites for hydroxylation is 2. The zero-order valence-electron chi connectivity index (χ0n) is 11.1. The summed E-state index contributed by atoms with van der Waals surface area (Å²) in [6, 6.07) is 6.21. The molecule has 0 amide bonds. The van der Waals surface area contributed by atoms with Crippen LogP contribution in [0.2, 0.25) is 0 Å². The van der Waals surface area contributed by atoms with Gasteiger partial charge in [-0.25, -0.2) is 0 Å². The molecule has 0 spiro atoms. The van der Waals surface area contributed by atoms with Crippen molar-refractivity contribution in [2.24, 2.45) is 7.05 Å². The van der Waals surface area contributed by atoms with Crippen LogP contribution in [0.15, 0.2) is 30.6 Å². The van der Waals surface area contributed by atoms with Gasteiger partial charge in [-0.1, -0.05) is 24.6 Å². The molecule has 0 aliphatic carbocycles. The van der Waals surface area contributed by atoms with Crippen molar-refractivity contribution in [2.75, 3.05) is 6.54 Å². The van der Waals surface area contributed by atoms with Gasteiger partial charge in [0.05, 0.1) is 12.4 Å². The van der Waals surface area contributed by atoms with Gasteiger partial charge >= 0.3 is 0 Å². The van der Waals surface area contributed by atoms with Gasteiger partial charge in [-0.05, 0) is 19.5 Å². The Labute approximate surface area is 108 Å². The van der Waals surface area contributed by atoms with Crippen molar-refractivity contribution < 1.29 is 4.74 Å². The Morgan fingerprint density at radius 3 is 2.89 bits per heavy atom. The molecule has 2 rings (SSSR count). The minimum Gasteiger partial charge on any atom is -0.454 e. The highest BCUT2D eigenvalue weighted by Crippen LogP contribution is 2.25. The van der Waals surface area contributed by atoms with E-state index in [0.717, 1.165) is 24.6 Å². The molecule has 0 radical (unpaired) electrons. The van der Waals surface area contributed by atoms with Gasteiger partial charge in [0.15, 0.2) is 5.75 Å². The average Bonchev–Trinajstić information content (AvgIpc) is 2.75. The molecule has 1 heterocycles. The van der Waals surface area contributed by atoms with Gasteiger partial charge in [0.2, 0.25) is 0 Å². The second-order valence-corrected chi connectivity index (χ2v) is 4.34. The quantitative estimate of drug-likeness (QED) is 0.880. The van der Waals surface area contributed by atoms with Crippen molar-refractivity contribution in [3.63, 3.8) is 0 Å². The first kappa shape index (κ1) is 12.6. The van der Waals surface area contributed by atoms with Gasteiger partial charge in [-0.15, -0.1) is 0 Å². The van der Waals surface area contributed by atoms with Crippen LogP contribution in [-0.2, 0) is 13.6 Å². The summed E-state index contributed by atoms with van der Waals surface area (Å²) in [6.45, 7) is 5.94. The van der Waals surface area contributed by atoms with Crippen molar-refractivity contribution in [2.45, 2.75) is 20.4 Å². The van der Waals surface area contributed by atoms with Crippen molar-refractivity contribution in [1.29, 1.82) is 0 Å². The molecular weight excluding hydrogens is 226 g/mol. The van der Waals surface area contributed by atoms with E-state index in [9.17, 15) is 0 Å². The predicted molar refractivity (Wildman–Crippen MR) is 71.8 cm³/mol. The molecule has 0 saturated heterocycles. The Balaban J connectivity index is 2.20. The minimum absolute atomic E-state index is 0.763. The Bertz CT molecular complexity index is 520. The maximum absolute atomic E-state index is 5.86. The summed E-state index contributed by atoms with van der Waals surface area (Å²) < 4.78 is 7.59. The van der Waals surface area contributed by atoms with Crippen molar-refractivity contribution in [1.82, 2.24) is 15.1 Å². The monoisotopic (exact) mass is 245 g/mol. The number of nitrogens with one attached hydrogen (secondary N) is 1. The molecule has 0 atom stereocenters. The lowest BCUT2D eigenvalue weighted by atomic mass is 10.1. The number of hydrogen-bond acceptors (Lipinski definition) is 3. The predicted octanol–water partition coefficient (Wildman–Crippen LogP) is 2.63. The maximum atomic E-state index is 5.86. The van der Waals surface area contributed by atoms with Gasteiger partial charge in [-0.3, -0.25) is 4.68 Å². The van der Waals surface area contributed by atoms with E-state index >= 15 is 0 Å². The molecular formula is C14H19N3O. The summed E-state index contributed by atoms with van der Waals surface area (Å²) in [5.74, 6) is 1.65. The van der Waals surface area contributed by atoms with E-state index in [4.69, 9.17) is 4.74 Å². The third-order valence-corrected chi connectivity index (χ3v) is 2.69. The number of nitrogens with zero attached hydrogens (tertiary/aromatic N) is 2. The number of benzene rings is 1. The molecule has 0 saturated carbocycles. The zero-order chi connectivity index (χ0) is 13.0. The summed E-state index contributed by atoms with van der Waals surface area (Å²) in [4.78, 5) is 0. The Hall–Kier alpha value is -1.81. The normalized spacial score (nSPS) is 10.6. The van der Waals surface area contributed by atoms with E-state index in [1.807, 2.05) is 19.3 Å². The molecule has 1 aromatic heterocycles. The highest BCUT2D eigenvalue weighted by molar-refractivity contribution is 5.39. The highest BCUT2D eigenvalue weighted by atomic mass is 16.5. The third-order valence-electron chi connectivity index (χ3n) is 2.69. The molecule has 0 unspecified atom stereocenters. The molecule has 96 valence electrons. The summed E-state index contributed by atoms with van der Waals surface area (Å²) in [5.41, 5.74) is 2.40. The van der Waals surface area contributed by atoms with Gasteiger partial charge in [0.1, 0.15) is 5.75 Å². The summed E-state index contributed by atoms with van der Waals surface area (Å²) in [6.07, 6.45) is 3.58. The molecule has 1 N–H and O–H groups in total. The number of aromatic nitrogens is 2. The Kier molecular flexibility index (Phi) is 3.99. The molecule has 0 fully saturated rings. The number of hydrogen-bond donors (Lipinski definition) is 1. The van der Waals surface area contributed by atoms with E-state index in [0.29, 0.717) is 0 Å². The molecule has 2 aromatic rings.